The van der Waals surface area contributed by atoms with E-state index in [9.17, 15) is 0 Å². The number of imidazole rings is 1. The molecule has 2 rings (SSSR count). The molecule has 3 N–H and O–H groups in total. The highest BCUT2D eigenvalue weighted by Gasteiger charge is 2.51. The summed E-state index contributed by atoms with van der Waals surface area (Å²) in [4.78, 5) is 4.45. The van der Waals surface area contributed by atoms with Crippen molar-refractivity contribution in [2.45, 2.75) is 46.2 Å². The van der Waals surface area contributed by atoms with E-state index in [1.165, 1.54) is 6.42 Å². The first-order chi connectivity index (χ1) is 7.60. The molecule has 4 heteroatoms. The van der Waals surface area contributed by atoms with Crippen LogP contribution in [0.4, 0.5) is 0 Å². The van der Waals surface area contributed by atoms with Crippen molar-refractivity contribution >= 4 is 0 Å². The van der Waals surface area contributed by atoms with Crippen molar-refractivity contribution in [1.29, 1.82) is 0 Å². The summed E-state index contributed by atoms with van der Waals surface area (Å²) in [5, 5.41) is 0. The van der Waals surface area contributed by atoms with E-state index in [0.29, 0.717) is 11.3 Å². The van der Waals surface area contributed by atoms with Crippen molar-refractivity contribution < 1.29 is 0 Å². The number of hydrogen-bond acceptors (Lipinski definition) is 3. The van der Waals surface area contributed by atoms with Crippen LogP contribution in [0.15, 0.2) is 12.4 Å². The minimum Gasteiger partial charge on any atom is -0.334 e. The molecule has 0 aliphatic heterocycles. The Labute approximate surface area is 97.2 Å². The fraction of sp³-hybridized carbons (Fsp3) is 0.750. The summed E-state index contributed by atoms with van der Waals surface area (Å²) in [5.74, 6) is 7.38. The zero-order chi connectivity index (χ0) is 11.8. The zero-order valence-corrected chi connectivity index (χ0v) is 10.4. The van der Waals surface area contributed by atoms with Crippen molar-refractivity contribution in [3.63, 3.8) is 0 Å². The van der Waals surface area contributed by atoms with E-state index in [1.54, 1.807) is 0 Å². The summed E-state index contributed by atoms with van der Waals surface area (Å²) >= 11 is 0. The molecule has 90 valence electrons. The number of nitrogens with one attached hydrogen (secondary N) is 1. The van der Waals surface area contributed by atoms with Crippen LogP contribution in [0.1, 0.15) is 45.5 Å². The van der Waals surface area contributed by atoms with Gasteiger partial charge in [0.05, 0.1) is 6.04 Å². The van der Waals surface area contributed by atoms with Gasteiger partial charge in [-0.2, -0.15) is 0 Å². The topological polar surface area (TPSA) is 55.9 Å². The molecule has 2 unspecified atom stereocenters. The van der Waals surface area contributed by atoms with Gasteiger partial charge in [-0.25, -0.2) is 10.4 Å². The van der Waals surface area contributed by atoms with Gasteiger partial charge in [-0.05, 0) is 24.2 Å². The Balaban J connectivity index is 2.17. The maximum absolute atomic E-state index is 5.69. The lowest BCUT2D eigenvalue weighted by molar-refractivity contribution is 0.392. The molecule has 2 atom stereocenters. The van der Waals surface area contributed by atoms with Crippen LogP contribution in [0, 0.1) is 11.3 Å². The van der Waals surface area contributed by atoms with E-state index in [4.69, 9.17) is 5.84 Å². The van der Waals surface area contributed by atoms with Gasteiger partial charge >= 0.3 is 0 Å². The third-order valence-corrected chi connectivity index (χ3v) is 3.66. The smallest absolute Gasteiger partial charge is 0.127 e. The van der Waals surface area contributed by atoms with Gasteiger partial charge in [0.2, 0.25) is 0 Å². The number of hydrogen-bond donors (Lipinski definition) is 2. The Morgan fingerprint density at radius 1 is 1.69 bits per heavy atom. The second-order valence-corrected chi connectivity index (χ2v) is 5.42. The third-order valence-electron chi connectivity index (χ3n) is 3.66. The van der Waals surface area contributed by atoms with E-state index in [-0.39, 0.29) is 6.04 Å². The minimum atomic E-state index is 0.191. The van der Waals surface area contributed by atoms with Crippen molar-refractivity contribution in [1.82, 2.24) is 15.0 Å². The predicted molar refractivity (Wildman–Crippen MR) is 64.5 cm³/mol. The molecule has 0 amide bonds. The van der Waals surface area contributed by atoms with Gasteiger partial charge < -0.3 is 4.57 Å². The summed E-state index contributed by atoms with van der Waals surface area (Å²) < 4.78 is 2.21. The average Bonchev–Trinajstić information content (AvgIpc) is 2.66. The molecule has 1 fully saturated rings. The maximum Gasteiger partial charge on any atom is 0.127 e. The van der Waals surface area contributed by atoms with Crippen LogP contribution in [-0.2, 0) is 6.54 Å². The SMILES string of the molecule is CCCn1ccnc1C(NN)C1CC1(C)C. The molecule has 0 spiro atoms. The summed E-state index contributed by atoms with van der Waals surface area (Å²) in [7, 11) is 0. The maximum atomic E-state index is 5.69. The number of rotatable bonds is 5. The van der Waals surface area contributed by atoms with Crippen LogP contribution in [-0.4, -0.2) is 9.55 Å². The molecule has 1 aliphatic rings. The van der Waals surface area contributed by atoms with E-state index in [2.05, 4.69) is 35.7 Å². The lowest BCUT2D eigenvalue weighted by atomic mass is 10.0. The number of aryl methyl sites for hydroxylation is 1. The first-order valence-corrected chi connectivity index (χ1v) is 6.07. The van der Waals surface area contributed by atoms with Gasteiger partial charge in [0.15, 0.2) is 0 Å². The van der Waals surface area contributed by atoms with Crippen LogP contribution in [0.3, 0.4) is 0 Å². The highest BCUT2D eigenvalue weighted by Crippen LogP contribution is 2.57. The summed E-state index contributed by atoms with van der Waals surface area (Å²) in [6.07, 6.45) is 6.25. The van der Waals surface area contributed by atoms with Crippen molar-refractivity contribution in [2.75, 3.05) is 0 Å². The summed E-state index contributed by atoms with van der Waals surface area (Å²) in [5.41, 5.74) is 3.34. The van der Waals surface area contributed by atoms with Gasteiger partial charge in [0, 0.05) is 18.9 Å². The normalized spacial score (nSPS) is 24.4. The van der Waals surface area contributed by atoms with Gasteiger partial charge in [-0.1, -0.05) is 20.8 Å². The molecular weight excluding hydrogens is 200 g/mol. The predicted octanol–water partition coefficient (Wildman–Crippen LogP) is 1.84. The van der Waals surface area contributed by atoms with E-state index in [1.807, 2.05) is 12.4 Å². The molecular formula is C12H22N4. The molecule has 0 aromatic carbocycles. The molecule has 0 bridgehead atoms. The van der Waals surface area contributed by atoms with Crippen LogP contribution >= 0.6 is 0 Å². The third kappa shape index (κ3) is 1.99. The second kappa shape index (κ2) is 4.18. The first-order valence-electron chi connectivity index (χ1n) is 6.07. The highest BCUT2D eigenvalue weighted by atomic mass is 15.3. The number of nitrogens with two attached hydrogens (primary N) is 1. The van der Waals surface area contributed by atoms with Crippen LogP contribution < -0.4 is 11.3 Å². The molecule has 1 aliphatic carbocycles. The molecule has 0 radical (unpaired) electrons. The number of hydrazine groups is 1. The fourth-order valence-electron chi connectivity index (χ4n) is 2.48. The Morgan fingerprint density at radius 3 is 2.88 bits per heavy atom. The summed E-state index contributed by atoms with van der Waals surface area (Å²) in [6, 6.07) is 0.191. The lowest BCUT2D eigenvalue weighted by Crippen LogP contribution is -2.32. The van der Waals surface area contributed by atoms with Crippen molar-refractivity contribution in [3.8, 4) is 0 Å². The highest BCUT2D eigenvalue weighted by molar-refractivity contribution is 5.10. The van der Waals surface area contributed by atoms with Crippen LogP contribution in [0.5, 0.6) is 0 Å². The zero-order valence-electron chi connectivity index (χ0n) is 10.4. The Bertz CT molecular complexity index is 356. The average molecular weight is 222 g/mol. The van der Waals surface area contributed by atoms with Crippen LogP contribution in [0.2, 0.25) is 0 Å². The Kier molecular flexibility index (Phi) is 3.04. The van der Waals surface area contributed by atoms with Crippen molar-refractivity contribution in [3.05, 3.63) is 18.2 Å². The molecule has 16 heavy (non-hydrogen) atoms. The van der Waals surface area contributed by atoms with Gasteiger partial charge in [0.1, 0.15) is 5.82 Å². The quantitative estimate of drug-likeness (QED) is 0.590. The lowest BCUT2D eigenvalue weighted by Gasteiger charge is -2.18. The Morgan fingerprint density at radius 2 is 2.38 bits per heavy atom. The number of nitrogens with zero attached hydrogens (tertiary/aromatic N) is 2. The minimum absolute atomic E-state index is 0.191. The standard InChI is InChI=1S/C12H22N4/c1-4-6-16-7-5-14-11(16)10(15-13)9-8-12(9,2)3/h5,7,9-10,15H,4,6,8,13H2,1-3H3. The van der Waals surface area contributed by atoms with Gasteiger partial charge in [-0.15, -0.1) is 0 Å². The molecule has 1 heterocycles. The largest absolute Gasteiger partial charge is 0.334 e. The van der Waals surface area contributed by atoms with Gasteiger partial charge in [-0.3, -0.25) is 5.84 Å². The molecule has 4 nitrogen and oxygen atoms in total. The molecule has 1 saturated carbocycles. The monoisotopic (exact) mass is 222 g/mol. The second-order valence-electron chi connectivity index (χ2n) is 5.42. The van der Waals surface area contributed by atoms with Gasteiger partial charge in [0.25, 0.3) is 0 Å². The van der Waals surface area contributed by atoms with Crippen molar-refractivity contribution in [2.24, 2.45) is 17.2 Å². The first kappa shape index (κ1) is 11.6. The fourth-order valence-corrected chi connectivity index (χ4v) is 2.48. The molecule has 1 aromatic heterocycles. The summed E-state index contributed by atoms with van der Waals surface area (Å²) in [6.45, 7) is 7.76. The molecule has 0 saturated heterocycles. The Hall–Kier alpha value is -0.870. The van der Waals surface area contributed by atoms with Crippen LogP contribution in [0.25, 0.3) is 0 Å². The molecule has 1 aromatic rings. The van der Waals surface area contributed by atoms with E-state index < -0.39 is 0 Å². The van der Waals surface area contributed by atoms with E-state index >= 15 is 0 Å². The van der Waals surface area contributed by atoms with E-state index in [0.717, 1.165) is 18.8 Å². The number of aromatic nitrogens is 2.